The summed E-state index contributed by atoms with van der Waals surface area (Å²) in [5, 5.41) is 0. The summed E-state index contributed by atoms with van der Waals surface area (Å²) in [7, 11) is 2.03. The summed E-state index contributed by atoms with van der Waals surface area (Å²) in [6.07, 6.45) is 3.73. The fourth-order valence-corrected chi connectivity index (χ4v) is 3.07. The molecule has 1 aliphatic rings. The van der Waals surface area contributed by atoms with Gasteiger partial charge in [-0.2, -0.15) is 0 Å². The fraction of sp³-hybridized carbons (Fsp3) is 1.00. The Kier molecular flexibility index (Phi) is 4.57. The third-order valence-corrected chi connectivity index (χ3v) is 6.01. The molecule has 0 aromatic rings. The first kappa shape index (κ1) is 12.6. The Hall–Kier alpha value is 0.565. The Morgan fingerprint density at radius 2 is 2.36 bits per heavy atom. The van der Waals surface area contributed by atoms with Crippen LogP contribution in [0, 0.1) is 0 Å². The van der Waals surface area contributed by atoms with Crippen molar-refractivity contribution in [3.63, 3.8) is 0 Å². The van der Waals surface area contributed by atoms with Gasteiger partial charge in [-0.25, -0.2) is 0 Å². The molecular weight excluding hydrogens is 218 g/mol. The molecule has 0 radical (unpaired) electrons. The molecule has 6 heteroatoms. The minimum atomic E-state index is -2.46. The number of hydrogen-bond donors (Lipinski definition) is 0. The molecule has 0 saturated carbocycles. The van der Waals surface area contributed by atoms with Crippen LogP contribution in [-0.2, 0) is 13.8 Å². The van der Waals surface area contributed by atoms with Gasteiger partial charge in [-0.3, -0.25) is 4.57 Å². The van der Waals surface area contributed by atoms with Gasteiger partial charge in [0.2, 0.25) is 0 Å². The molecule has 3 nitrogen and oxygen atoms in total. The molecule has 1 fully saturated rings. The maximum Gasteiger partial charge on any atom is 0.254 e. The summed E-state index contributed by atoms with van der Waals surface area (Å²) >= 11 is 1.31. The van der Waals surface area contributed by atoms with Gasteiger partial charge in [0.25, 0.3) is 6.57 Å². The highest BCUT2D eigenvalue weighted by Crippen LogP contribution is 2.56. The summed E-state index contributed by atoms with van der Waals surface area (Å²) in [6, 6.07) is 0.229. The van der Waals surface area contributed by atoms with Gasteiger partial charge in [0.15, 0.2) is 0 Å². The molecule has 0 aromatic carbocycles. The second-order valence-corrected chi connectivity index (χ2v) is 8.93. The first-order valence-electron chi connectivity index (χ1n) is 4.95. The van der Waals surface area contributed by atoms with Crippen LogP contribution in [0.4, 0.5) is 0 Å². The Morgan fingerprint density at radius 1 is 1.71 bits per heavy atom. The molecule has 1 heterocycles. The maximum absolute atomic E-state index is 11.8. The second kappa shape index (κ2) is 5.06. The second-order valence-electron chi connectivity index (χ2n) is 3.73. The highest BCUT2D eigenvalue weighted by Gasteiger charge is 2.35. The molecule has 0 bridgehead atoms. The Morgan fingerprint density at radius 3 is 2.86 bits per heavy atom. The largest absolute Gasteiger partial charge is 0.381 e. The lowest BCUT2D eigenvalue weighted by molar-refractivity contribution is 0.0425. The highest BCUT2D eigenvalue weighted by atomic mass is 32.7. The van der Waals surface area contributed by atoms with Gasteiger partial charge in [0, 0.05) is 12.7 Å². The minimum absolute atomic E-state index is 0.0123. The van der Waals surface area contributed by atoms with Crippen molar-refractivity contribution in [3.8, 4) is 0 Å². The van der Waals surface area contributed by atoms with E-state index in [2.05, 4.69) is 6.92 Å². The van der Waals surface area contributed by atoms with Crippen LogP contribution in [0.3, 0.4) is 0 Å². The van der Waals surface area contributed by atoms with E-state index in [4.69, 9.17) is 9.26 Å². The SMILES string of the molecule is B[C@H]1C[C@H](O[P@](C)(=O)SC)[C@@H](CC)O1. The average Bonchev–Trinajstić information content (AvgIpc) is 2.45. The number of rotatable bonds is 4. The Bertz CT molecular complexity index is 239. The van der Waals surface area contributed by atoms with Crippen molar-refractivity contribution < 1.29 is 13.8 Å². The predicted octanol–water partition coefficient (Wildman–Crippen LogP) is 1.72. The van der Waals surface area contributed by atoms with E-state index < -0.39 is 6.57 Å². The molecule has 1 aliphatic heterocycles. The van der Waals surface area contributed by atoms with E-state index >= 15 is 0 Å². The van der Waals surface area contributed by atoms with E-state index in [1.54, 1.807) is 6.66 Å². The quantitative estimate of drug-likeness (QED) is 0.550. The van der Waals surface area contributed by atoms with Crippen molar-refractivity contribution in [2.45, 2.75) is 38.0 Å². The van der Waals surface area contributed by atoms with Gasteiger partial charge in [0.1, 0.15) is 7.85 Å². The number of ether oxygens (including phenoxy) is 1. The van der Waals surface area contributed by atoms with E-state index in [1.807, 2.05) is 14.1 Å². The standard InChI is InChI=1S/C8H18BO3PS/c1-4-6-7(5-8(9)11-6)12-13(2,10)14-3/h6-8H,4-5,9H2,1-3H3/t6-,7+,8-,13+/m1/s1. The topological polar surface area (TPSA) is 35.5 Å². The van der Waals surface area contributed by atoms with E-state index in [-0.39, 0.29) is 18.2 Å². The maximum atomic E-state index is 11.8. The zero-order valence-electron chi connectivity index (χ0n) is 9.23. The Labute approximate surface area is 90.9 Å². The first-order chi connectivity index (χ1) is 6.48. The van der Waals surface area contributed by atoms with E-state index in [1.165, 1.54) is 11.4 Å². The van der Waals surface area contributed by atoms with Gasteiger partial charge in [0.05, 0.1) is 12.2 Å². The number of hydrogen-bond acceptors (Lipinski definition) is 4. The van der Waals surface area contributed by atoms with Crippen LogP contribution in [0.25, 0.3) is 0 Å². The molecular formula is C8H18BO3PS. The van der Waals surface area contributed by atoms with Crippen molar-refractivity contribution in [3.05, 3.63) is 0 Å². The van der Waals surface area contributed by atoms with Gasteiger partial charge >= 0.3 is 0 Å². The normalized spacial score (nSPS) is 36.9. The summed E-state index contributed by atoms with van der Waals surface area (Å²) in [4.78, 5) is 0. The molecule has 1 rings (SSSR count). The molecule has 0 unspecified atom stereocenters. The lowest BCUT2D eigenvalue weighted by atomic mass is 9.96. The van der Waals surface area contributed by atoms with Gasteiger partial charge in [-0.1, -0.05) is 18.3 Å². The lowest BCUT2D eigenvalue weighted by Crippen LogP contribution is -2.22. The van der Waals surface area contributed by atoms with Crippen LogP contribution in [0.15, 0.2) is 0 Å². The molecule has 1 saturated heterocycles. The van der Waals surface area contributed by atoms with Crippen LogP contribution in [0.1, 0.15) is 19.8 Å². The van der Waals surface area contributed by atoms with E-state index in [9.17, 15) is 4.57 Å². The van der Waals surface area contributed by atoms with E-state index in [0.717, 1.165) is 12.8 Å². The fourth-order valence-electron chi connectivity index (χ4n) is 1.68. The van der Waals surface area contributed by atoms with Crippen molar-refractivity contribution in [2.75, 3.05) is 12.9 Å². The van der Waals surface area contributed by atoms with Crippen molar-refractivity contribution in [2.24, 2.45) is 0 Å². The van der Waals surface area contributed by atoms with Crippen LogP contribution >= 0.6 is 18.0 Å². The van der Waals surface area contributed by atoms with Crippen molar-refractivity contribution >= 4 is 25.8 Å². The smallest absolute Gasteiger partial charge is 0.254 e. The molecule has 0 aromatic heterocycles. The van der Waals surface area contributed by atoms with Crippen LogP contribution in [-0.4, -0.2) is 39.0 Å². The van der Waals surface area contributed by atoms with Gasteiger partial charge < -0.3 is 9.26 Å². The zero-order chi connectivity index (χ0) is 10.8. The molecule has 0 N–H and O–H groups in total. The van der Waals surface area contributed by atoms with Crippen molar-refractivity contribution in [1.29, 1.82) is 0 Å². The summed E-state index contributed by atoms with van der Waals surface area (Å²) in [5.74, 6) is 0. The van der Waals surface area contributed by atoms with Crippen LogP contribution < -0.4 is 0 Å². The van der Waals surface area contributed by atoms with Crippen LogP contribution in [0.5, 0.6) is 0 Å². The summed E-state index contributed by atoms with van der Waals surface area (Å²) < 4.78 is 23.1. The molecule has 0 aliphatic carbocycles. The average molecular weight is 236 g/mol. The highest BCUT2D eigenvalue weighted by molar-refractivity contribution is 8.56. The summed E-state index contributed by atoms with van der Waals surface area (Å²) in [5.41, 5.74) is 0. The summed E-state index contributed by atoms with van der Waals surface area (Å²) in [6.45, 7) is 1.28. The van der Waals surface area contributed by atoms with Crippen LogP contribution in [0.2, 0.25) is 0 Å². The van der Waals surface area contributed by atoms with E-state index in [0.29, 0.717) is 0 Å². The predicted molar refractivity (Wildman–Crippen MR) is 64.0 cm³/mol. The molecule has 0 spiro atoms. The first-order valence-corrected chi connectivity index (χ1v) is 8.85. The molecule has 0 amide bonds. The van der Waals surface area contributed by atoms with Gasteiger partial charge in [-0.05, 0) is 19.1 Å². The van der Waals surface area contributed by atoms with Gasteiger partial charge in [-0.15, -0.1) is 0 Å². The van der Waals surface area contributed by atoms with Crippen molar-refractivity contribution in [1.82, 2.24) is 0 Å². The third kappa shape index (κ3) is 3.30. The lowest BCUT2D eigenvalue weighted by Gasteiger charge is -2.20. The monoisotopic (exact) mass is 236 g/mol. The molecule has 14 heavy (non-hydrogen) atoms. The zero-order valence-corrected chi connectivity index (χ0v) is 10.9. The third-order valence-electron chi connectivity index (χ3n) is 2.45. The minimum Gasteiger partial charge on any atom is -0.381 e. The Balaban J connectivity index is 2.55. The molecule has 4 atom stereocenters. The molecule has 82 valence electrons.